The van der Waals surface area contributed by atoms with Crippen LogP contribution in [0.25, 0.3) is 5.69 Å². The Bertz CT molecular complexity index is 975. The molecule has 0 aliphatic heterocycles. The predicted molar refractivity (Wildman–Crippen MR) is 103 cm³/mol. The van der Waals surface area contributed by atoms with Gasteiger partial charge in [0.1, 0.15) is 5.82 Å². The first-order valence-electron chi connectivity index (χ1n) is 9.12. The summed E-state index contributed by atoms with van der Waals surface area (Å²) in [5.41, 5.74) is 4.15. The van der Waals surface area contributed by atoms with Gasteiger partial charge < -0.3 is 5.32 Å². The van der Waals surface area contributed by atoms with E-state index in [4.69, 9.17) is 0 Å². The molecule has 4 rings (SSSR count). The Morgan fingerprint density at radius 1 is 1.30 bits per heavy atom. The number of nitrogens with zero attached hydrogens (tertiary/aromatic N) is 3. The summed E-state index contributed by atoms with van der Waals surface area (Å²) in [6.07, 6.45) is 2.71. The number of hydrogen-bond acceptors (Lipinski definition) is 4. The van der Waals surface area contributed by atoms with Gasteiger partial charge in [-0.25, -0.2) is 14.1 Å². The van der Waals surface area contributed by atoms with Gasteiger partial charge in [-0.2, -0.15) is 5.10 Å². The zero-order valence-corrected chi connectivity index (χ0v) is 16.1. The first-order valence-corrected chi connectivity index (χ1v) is 10.00. The molecule has 27 heavy (non-hydrogen) atoms. The molecule has 1 aliphatic rings. The zero-order valence-electron chi connectivity index (χ0n) is 15.3. The summed E-state index contributed by atoms with van der Waals surface area (Å²) in [7, 11) is 0. The molecule has 0 spiro atoms. The molecule has 2 heterocycles. The van der Waals surface area contributed by atoms with Crippen molar-refractivity contribution in [2.45, 2.75) is 45.6 Å². The average Bonchev–Trinajstić information content (AvgIpc) is 3.36. The van der Waals surface area contributed by atoms with Crippen molar-refractivity contribution in [3.63, 3.8) is 0 Å². The molecule has 140 valence electrons. The van der Waals surface area contributed by atoms with E-state index in [2.05, 4.69) is 29.2 Å². The van der Waals surface area contributed by atoms with E-state index in [1.807, 2.05) is 5.38 Å². The summed E-state index contributed by atoms with van der Waals surface area (Å²) in [4.78, 5) is 17.3. The maximum absolute atomic E-state index is 13.2. The molecule has 1 aliphatic carbocycles. The Morgan fingerprint density at radius 3 is 2.78 bits per heavy atom. The second kappa shape index (κ2) is 7.23. The molecule has 7 heteroatoms. The normalized spacial score (nSPS) is 13.2. The van der Waals surface area contributed by atoms with Gasteiger partial charge in [0.05, 0.1) is 22.9 Å². The number of carbonyl (C=O) groups excluding carboxylic acids is 1. The van der Waals surface area contributed by atoms with Crippen molar-refractivity contribution in [1.82, 2.24) is 20.1 Å². The molecule has 0 unspecified atom stereocenters. The fraction of sp³-hybridized carbons (Fsp3) is 0.350. The van der Waals surface area contributed by atoms with Crippen LogP contribution in [-0.2, 0) is 19.4 Å². The van der Waals surface area contributed by atoms with Crippen LogP contribution >= 0.6 is 11.3 Å². The molecule has 5 nitrogen and oxygen atoms in total. The molecule has 0 fully saturated rings. The van der Waals surface area contributed by atoms with Crippen molar-refractivity contribution in [2.75, 3.05) is 0 Å². The van der Waals surface area contributed by atoms with Gasteiger partial charge in [0, 0.05) is 22.6 Å². The molecule has 1 amide bonds. The zero-order chi connectivity index (χ0) is 19.0. The quantitative estimate of drug-likeness (QED) is 0.723. The monoisotopic (exact) mass is 384 g/mol. The molecule has 0 atom stereocenters. The third kappa shape index (κ3) is 3.51. The van der Waals surface area contributed by atoms with Crippen LogP contribution in [0.15, 0.2) is 29.6 Å². The van der Waals surface area contributed by atoms with E-state index >= 15 is 0 Å². The predicted octanol–water partition coefficient (Wildman–Crippen LogP) is 4.01. The molecular weight excluding hydrogens is 363 g/mol. The third-order valence-corrected chi connectivity index (χ3v) is 5.90. The summed E-state index contributed by atoms with van der Waals surface area (Å²) in [6, 6.07) is 6.19. The molecule has 2 aromatic heterocycles. The number of amides is 1. The van der Waals surface area contributed by atoms with Crippen LogP contribution in [0.4, 0.5) is 4.39 Å². The number of hydrogen-bond donors (Lipinski definition) is 1. The van der Waals surface area contributed by atoms with Crippen LogP contribution < -0.4 is 5.32 Å². The fourth-order valence-corrected chi connectivity index (χ4v) is 4.17. The lowest BCUT2D eigenvalue weighted by Crippen LogP contribution is -2.24. The van der Waals surface area contributed by atoms with Crippen LogP contribution in [0.2, 0.25) is 0 Å². The summed E-state index contributed by atoms with van der Waals surface area (Å²) in [5.74, 6) is -0.0909. The highest BCUT2D eigenvalue weighted by atomic mass is 32.1. The fourth-order valence-electron chi connectivity index (χ4n) is 3.34. The lowest BCUT2D eigenvalue weighted by molar-refractivity contribution is 0.0944. The number of aromatic nitrogens is 3. The number of halogens is 1. The van der Waals surface area contributed by atoms with E-state index < -0.39 is 0 Å². The van der Waals surface area contributed by atoms with E-state index in [-0.39, 0.29) is 11.7 Å². The highest BCUT2D eigenvalue weighted by Gasteiger charge is 2.27. The summed E-state index contributed by atoms with van der Waals surface area (Å²) in [5, 5.41) is 10.5. The second-order valence-corrected chi connectivity index (χ2v) is 7.92. The number of rotatable bonds is 5. The number of carbonyl (C=O) groups is 1. The highest BCUT2D eigenvalue weighted by molar-refractivity contribution is 7.09. The first kappa shape index (κ1) is 17.9. The van der Waals surface area contributed by atoms with E-state index in [9.17, 15) is 9.18 Å². The molecule has 0 saturated carbocycles. The molecule has 0 bridgehead atoms. The van der Waals surface area contributed by atoms with Crippen LogP contribution in [0.1, 0.15) is 58.6 Å². The Kier molecular flexibility index (Phi) is 4.78. The lowest BCUT2D eigenvalue weighted by Gasteiger charge is -2.05. The van der Waals surface area contributed by atoms with Crippen LogP contribution in [0.3, 0.4) is 0 Å². The standard InChI is InChI=1S/C20H21FN4OS/c1-12(2)20-23-14(11-27-20)10-22-19(26)18-16-4-3-5-17(16)25(24-18)15-8-6-13(21)7-9-15/h6-9,11-12H,3-5,10H2,1-2H3,(H,22,26). The molecule has 3 aromatic rings. The maximum Gasteiger partial charge on any atom is 0.272 e. The summed E-state index contributed by atoms with van der Waals surface area (Å²) in [6.45, 7) is 4.60. The van der Waals surface area contributed by atoms with E-state index in [0.29, 0.717) is 18.2 Å². The van der Waals surface area contributed by atoms with Crippen molar-refractivity contribution < 1.29 is 9.18 Å². The minimum absolute atomic E-state index is 0.187. The van der Waals surface area contributed by atoms with Gasteiger partial charge in [0.2, 0.25) is 0 Å². The van der Waals surface area contributed by atoms with Crippen LogP contribution in [0.5, 0.6) is 0 Å². The minimum atomic E-state index is -0.287. The van der Waals surface area contributed by atoms with Gasteiger partial charge in [0.25, 0.3) is 5.91 Å². The van der Waals surface area contributed by atoms with Crippen molar-refractivity contribution >= 4 is 17.2 Å². The highest BCUT2D eigenvalue weighted by Crippen LogP contribution is 2.28. The van der Waals surface area contributed by atoms with Crippen LogP contribution in [0, 0.1) is 5.82 Å². The minimum Gasteiger partial charge on any atom is -0.345 e. The van der Waals surface area contributed by atoms with Crippen LogP contribution in [-0.4, -0.2) is 20.7 Å². The van der Waals surface area contributed by atoms with E-state index in [1.165, 1.54) is 12.1 Å². The van der Waals surface area contributed by atoms with Gasteiger partial charge in [-0.3, -0.25) is 4.79 Å². The Balaban J connectivity index is 1.55. The summed E-state index contributed by atoms with van der Waals surface area (Å²) < 4.78 is 15.0. The first-order chi connectivity index (χ1) is 13.0. The molecule has 1 aromatic carbocycles. The van der Waals surface area contributed by atoms with Gasteiger partial charge >= 0.3 is 0 Å². The van der Waals surface area contributed by atoms with Gasteiger partial charge in [0.15, 0.2) is 5.69 Å². The van der Waals surface area contributed by atoms with E-state index in [1.54, 1.807) is 28.2 Å². The average molecular weight is 384 g/mol. The Morgan fingerprint density at radius 2 is 2.07 bits per heavy atom. The molecule has 0 saturated heterocycles. The van der Waals surface area contributed by atoms with Crippen molar-refractivity contribution in [3.8, 4) is 5.69 Å². The van der Waals surface area contributed by atoms with Crippen molar-refractivity contribution in [2.24, 2.45) is 0 Å². The summed E-state index contributed by atoms with van der Waals surface area (Å²) >= 11 is 1.61. The Labute approximate surface area is 161 Å². The largest absolute Gasteiger partial charge is 0.345 e. The SMILES string of the molecule is CC(C)c1nc(CNC(=O)c2nn(-c3ccc(F)cc3)c3c2CCC3)cs1. The number of thiazole rings is 1. The van der Waals surface area contributed by atoms with Gasteiger partial charge in [-0.05, 0) is 43.5 Å². The number of benzene rings is 1. The number of nitrogens with one attached hydrogen (secondary N) is 1. The topological polar surface area (TPSA) is 59.8 Å². The van der Waals surface area contributed by atoms with Gasteiger partial charge in [-0.1, -0.05) is 13.8 Å². The molecular formula is C20H21FN4OS. The molecule has 1 N–H and O–H groups in total. The van der Waals surface area contributed by atoms with E-state index in [0.717, 1.165) is 46.9 Å². The lowest BCUT2D eigenvalue weighted by atomic mass is 10.2. The van der Waals surface area contributed by atoms with Crippen molar-refractivity contribution in [1.29, 1.82) is 0 Å². The molecule has 0 radical (unpaired) electrons. The third-order valence-electron chi connectivity index (χ3n) is 4.71. The smallest absolute Gasteiger partial charge is 0.272 e. The van der Waals surface area contributed by atoms with Crippen molar-refractivity contribution in [3.05, 3.63) is 63.1 Å². The van der Waals surface area contributed by atoms with Gasteiger partial charge in [-0.15, -0.1) is 11.3 Å². The Hall–Kier alpha value is -2.54. The second-order valence-electron chi connectivity index (χ2n) is 7.03. The maximum atomic E-state index is 13.2. The number of fused-ring (bicyclic) bond motifs is 1.